The fraction of sp³-hybridized carbons (Fsp3) is 0.100. The highest BCUT2D eigenvalue weighted by atomic mass is 19.4. The molecule has 0 spiro atoms. The first kappa shape index (κ1) is 13.7. The molecular formula is C10H7F3N2O3. The first-order chi connectivity index (χ1) is 8.29. The molecule has 0 aliphatic heterocycles. The van der Waals surface area contributed by atoms with Gasteiger partial charge in [0.25, 0.3) is 0 Å². The standard InChI is InChI=1S/C10H7F3N2O3/c11-10(12,13)9(17)18-8(16)4-2-6-1-3-7(14)15-5-6/h1-5H,(H2,14,15)/b4-2+. The summed E-state index contributed by atoms with van der Waals surface area (Å²) in [6.45, 7) is 0. The van der Waals surface area contributed by atoms with Crippen LogP contribution in [-0.4, -0.2) is 23.1 Å². The van der Waals surface area contributed by atoms with Gasteiger partial charge in [0.15, 0.2) is 0 Å². The van der Waals surface area contributed by atoms with Crippen molar-refractivity contribution in [3.05, 3.63) is 30.0 Å². The molecule has 0 bridgehead atoms. The van der Waals surface area contributed by atoms with E-state index in [2.05, 4.69) is 9.72 Å². The molecule has 8 heteroatoms. The van der Waals surface area contributed by atoms with Crippen molar-refractivity contribution < 1.29 is 27.5 Å². The zero-order valence-electron chi connectivity index (χ0n) is 8.77. The normalized spacial score (nSPS) is 11.5. The molecule has 0 atom stereocenters. The molecule has 1 heterocycles. The van der Waals surface area contributed by atoms with Crippen LogP contribution in [0.1, 0.15) is 5.56 Å². The predicted octanol–water partition coefficient (Wildman–Crippen LogP) is 1.31. The third-order valence-corrected chi connectivity index (χ3v) is 1.65. The topological polar surface area (TPSA) is 82.3 Å². The van der Waals surface area contributed by atoms with Gasteiger partial charge in [-0.1, -0.05) is 0 Å². The zero-order chi connectivity index (χ0) is 13.8. The van der Waals surface area contributed by atoms with E-state index in [1.54, 1.807) is 0 Å². The largest absolute Gasteiger partial charge is 0.491 e. The van der Waals surface area contributed by atoms with E-state index in [1.807, 2.05) is 0 Å². The van der Waals surface area contributed by atoms with Crippen LogP contribution in [0.3, 0.4) is 0 Å². The first-order valence-corrected chi connectivity index (χ1v) is 4.51. The lowest BCUT2D eigenvalue weighted by Gasteiger charge is -2.02. The van der Waals surface area contributed by atoms with E-state index < -0.39 is 18.1 Å². The van der Waals surface area contributed by atoms with Gasteiger partial charge >= 0.3 is 18.1 Å². The lowest BCUT2D eigenvalue weighted by molar-refractivity contribution is -0.200. The number of nitrogen functional groups attached to an aromatic ring is 1. The second kappa shape index (κ2) is 5.30. The number of ether oxygens (including phenoxy) is 1. The van der Waals surface area contributed by atoms with E-state index in [0.717, 1.165) is 6.08 Å². The molecule has 1 aromatic rings. The summed E-state index contributed by atoms with van der Waals surface area (Å²) in [7, 11) is 0. The van der Waals surface area contributed by atoms with Crippen LogP contribution in [0, 0.1) is 0 Å². The molecule has 5 nitrogen and oxygen atoms in total. The van der Waals surface area contributed by atoms with Gasteiger partial charge in [0.1, 0.15) is 5.82 Å². The van der Waals surface area contributed by atoms with Crippen molar-refractivity contribution >= 4 is 23.8 Å². The number of pyridine rings is 1. The number of alkyl halides is 3. The van der Waals surface area contributed by atoms with E-state index >= 15 is 0 Å². The van der Waals surface area contributed by atoms with Crippen LogP contribution in [0.25, 0.3) is 6.08 Å². The number of nitrogens with zero attached hydrogens (tertiary/aromatic N) is 1. The van der Waals surface area contributed by atoms with Gasteiger partial charge in [0, 0.05) is 12.3 Å². The average Bonchev–Trinajstić information content (AvgIpc) is 2.27. The summed E-state index contributed by atoms with van der Waals surface area (Å²) in [5.74, 6) is -3.73. The Hall–Kier alpha value is -2.38. The number of esters is 2. The van der Waals surface area contributed by atoms with Crippen molar-refractivity contribution in [3.8, 4) is 0 Å². The van der Waals surface area contributed by atoms with Crippen molar-refractivity contribution in [2.75, 3.05) is 5.73 Å². The third kappa shape index (κ3) is 4.24. The van der Waals surface area contributed by atoms with Crippen LogP contribution in [-0.2, 0) is 14.3 Å². The molecular weight excluding hydrogens is 253 g/mol. The summed E-state index contributed by atoms with van der Waals surface area (Å²) in [6.07, 6.45) is -2.09. The minimum absolute atomic E-state index is 0.252. The number of carbonyl (C=O) groups excluding carboxylic acids is 2. The maximum absolute atomic E-state index is 11.7. The monoisotopic (exact) mass is 260 g/mol. The van der Waals surface area contributed by atoms with Crippen LogP contribution in [0.4, 0.5) is 19.0 Å². The molecule has 0 unspecified atom stereocenters. The lowest BCUT2D eigenvalue weighted by atomic mass is 10.2. The molecule has 0 aliphatic carbocycles. The molecule has 1 rings (SSSR count). The molecule has 2 N–H and O–H groups in total. The van der Waals surface area contributed by atoms with E-state index in [1.165, 1.54) is 18.3 Å². The Bertz CT molecular complexity index is 480. The molecule has 0 aliphatic rings. The first-order valence-electron chi connectivity index (χ1n) is 4.51. The number of hydrogen-bond donors (Lipinski definition) is 1. The summed E-state index contributed by atoms with van der Waals surface area (Å²) >= 11 is 0. The van der Waals surface area contributed by atoms with Gasteiger partial charge in [-0.05, 0) is 23.8 Å². The summed E-state index contributed by atoms with van der Waals surface area (Å²) in [6, 6.07) is 2.92. The zero-order valence-corrected chi connectivity index (χ0v) is 8.77. The maximum Gasteiger partial charge on any atom is 0.491 e. The third-order valence-electron chi connectivity index (χ3n) is 1.65. The van der Waals surface area contributed by atoms with Crippen molar-refractivity contribution in [2.45, 2.75) is 6.18 Å². The van der Waals surface area contributed by atoms with Crippen molar-refractivity contribution in [2.24, 2.45) is 0 Å². The average molecular weight is 260 g/mol. The van der Waals surface area contributed by atoms with Gasteiger partial charge < -0.3 is 10.5 Å². The van der Waals surface area contributed by atoms with Crippen molar-refractivity contribution in [1.29, 1.82) is 0 Å². The van der Waals surface area contributed by atoms with E-state index in [0.29, 0.717) is 11.6 Å². The SMILES string of the molecule is Nc1ccc(/C=C/C(=O)OC(=O)C(F)(F)F)cn1. The number of rotatable bonds is 2. The van der Waals surface area contributed by atoms with Crippen molar-refractivity contribution in [1.82, 2.24) is 4.98 Å². The molecule has 96 valence electrons. The lowest BCUT2D eigenvalue weighted by Crippen LogP contribution is -2.27. The summed E-state index contributed by atoms with van der Waals surface area (Å²) in [4.78, 5) is 24.9. The Morgan fingerprint density at radius 2 is 2.00 bits per heavy atom. The second-order valence-corrected chi connectivity index (χ2v) is 3.06. The molecule has 0 saturated carbocycles. The predicted molar refractivity (Wildman–Crippen MR) is 54.8 cm³/mol. The highest BCUT2D eigenvalue weighted by Crippen LogP contribution is 2.16. The highest BCUT2D eigenvalue weighted by molar-refractivity contribution is 5.96. The van der Waals surface area contributed by atoms with Gasteiger partial charge in [-0.25, -0.2) is 14.6 Å². The smallest absolute Gasteiger partial charge is 0.384 e. The minimum Gasteiger partial charge on any atom is -0.384 e. The molecule has 0 saturated heterocycles. The van der Waals surface area contributed by atoms with Gasteiger partial charge in [-0.15, -0.1) is 0 Å². The quantitative estimate of drug-likeness (QED) is 0.492. The number of nitrogens with two attached hydrogens (primary N) is 1. The van der Waals surface area contributed by atoms with Crippen LogP contribution >= 0.6 is 0 Å². The summed E-state index contributed by atoms with van der Waals surface area (Å²) < 4.78 is 38.8. The number of anilines is 1. The van der Waals surface area contributed by atoms with E-state index in [9.17, 15) is 22.8 Å². The molecule has 0 fully saturated rings. The molecule has 1 aromatic heterocycles. The number of aromatic nitrogens is 1. The Morgan fingerprint density at radius 3 is 2.50 bits per heavy atom. The van der Waals surface area contributed by atoms with Gasteiger partial charge in [-0.2, -0.15) is 13.2 Å². The molecule has 0 radical (unpaired) electrons. The van der Waals surface area contributed by atoms with Crippen LogP contribution in [0.15, 0.2) is 24.4 Å². The Labute approximate surface area is 99.1 Å². The van der Waals surface area contributed by atoms with Gasteiger partial charge in [-0.3, -0.25) is 0 Å². The van der Waals surface area contributed by atoms with Crippen LogP contribution in [0.5, 0.6) is 0 Å². The Kier molecular flexibility index (Phi) is 4.03. The van der Waals surface area contributed by atoms with Gasteiger partial charge in [0.2, 0.25) is 0 Å². The maximum atomic E-state index is 11.7. The fourth-order valence-corrected chi connectivity index (χ4v) is 0.863. The Morgan fingerprint density at radius 1 is 1.33 bits per heavy atom. The second-order valence-electron chi connectivity index (χ2n) is 3.06. The number of hydrogen-bond acceptors (Lipinski definition) is 5. The van der Waals surface area contributed by atoms with Gasteiger partial charge in [0.05, 0.1) is 0 Å². The minimum atomic E-state index is -5.20. The van der Waals surface area contributed by atoms with Crippen LogP contribution in [0.2, 0.25) is 0 Å². The Balaban J connectivity index is 2.60. The molecule has 0 aromatic carbocycles. The van der Waals surface area contributed by atoms with Crippen molar-refractivity contribution in [3.63, 3.8) is 0 Å². The van der Waals surface area contributed by atoms with Crippen LogP contribution < -0.4 is 5.73 Å². The summed E-state index contributed by atoms with van der Waals surface area (Å²) in [5, 5.41) is 0. The number of halogens is 3. The van der Waals surface area contributed by atoms with E-state index in [4.69, 9.17) is 5.73 Å². The highest BCUT2D eigenvalue weighted by Gasteiger charge is 2.42. The fourth-order valence-electron chi connectivity index (χ4n) is 0.863. The number of carbonyl (C=O) groups is 2. The van der Waals surface area contributed by atoms with E-state index in [-0.39, 0.29) is 5.82 Å². The molecule has 0 amide bonds. The molecule has 18 heavy (non-hydrogen) atoms. The summed E-state index contributed by atoms with van der Waals surface area (Å²) in [5.41, 5.74) is 5.72.